The molecule has 1 saturated heterocycles. The van der Waals surface area contributed by atoms with Gasteiger partial charge in [0, 0.05) is 26.9 Å². The van der Waals surface area contributed by atoms with E-state index >= 15 is 0 Å². The van der Waals surface area contributed by atoms with Gasteiger partial charge >= 0.3 is 0 Å². The fraction of sp³-hybridized carbons (Fsp3) is 1.00. The lowest BCUT2D eigenvalue weighted by Crippen LogP contribution is -2.38. The van der Waals surface area contributed by atoms with Gasteiger partial charge in [-0.3, -0.25) is 0 Å². The Hall–Kier alpha value is -0.160. The molecule has 108 valence electrons. The molecule has 0 radical (unpaired) electrons. The minimum atomic E-state index is 0.801. The number of nitrogens with one attached hydrogen (secondary N) is 1. The molecule has 0 aliphatic carbocycles. The van der Waals surface area contributed by atoms with Crippen molar-refractivity contribution in [1.82, 2.24) is 10.2 Å². The molecular formula is C14H30N2O2. The van der Waals surface area contributed by atoms with Gasteiger partial charge in [-0.2, -0.15) is 0 Å². The van der Waals surface area contributed by atoms with Crippen LogP contribution in [-0.4, -0.2) is 64.6 Å². The number of hydrogen-bond donors (Lipinski definition) is 1. The highest BCUT2D eigenvalue weighted by molar-refractivity contribution is 4.73. The largest absolute Gasteiger partial charge is 0.385 e. The number of likely N-dealkylation sites (tertiary alicyclic amines) is 1. The molecule has 1 fully saturated rings. The molecule has 0 atom stereocenters. The number of ether oxygens (including phenoxy) is 2. The lowest BCUT2D eigenvalue weighted by molar-refractivity contribution is 0.0738. The summed E-state index contributed by atoms with van der Waals surface area (Å²) in [6.45, 7) is 10.5. The van der Waals surface area contributed by atoms with Crippen molar-refractivity contribution in [3.8, 4) is 0 Å². The smallest absolute Gasteiger partial charge is 0.0593 e. The van der Waals surface area contributed by atoms with E-state index in [0.717, 1.165) is 45.2 Å². The fourth-order valence-electron chi connectivity index (χ4n) is 2.36. The van der Waals surface area contributed by atoms with Gasteiger partial charge < -0.3 is 19.7 Å². The van der Waals surface area contributed by atoms with Gasteiger partial charge in [-0.05, 0) is 51.4 Å². The average molecular weight is 258 g/mol. The number of piperidine rings is 1. The van der Waals surface area contributed by atoms with E-state index in [-0.39, 0.29) is 0 Å². The summed E-state index contributed by atoms with van der Waals surface area (Å²) in [7, 11) is 1.73. The third-order valence-corrected chi connectivity index (χ3v) is 3.58. The maximum Gasteiger partial charge on any atom is 0.0593 e. The Morgan fingerprint density at radius 1 is 1.17 bits per heavy atom. The second-order valence-electron chi connectivity index (χ2n) is 5.05. The van der Waals surface area contributed by atoms with Crippen LogP contribution in [0.25, 0.3) is 0 Å². The molecule has 18 heavy (non-hydrogen) atoms. The number of rotatable bonds is 10. The van der Waals surface area contributed by atoms with E-state index in [2.05, 4.69) is 17.1 Å². The number of methoxy groups -OCH3 is 1. The molecule has 0 unspecified atom stereocenters. The van der Waals surface area contributed by atoms with Crippen molar-refractivity contribution in [3.63, 3.8) is 0 Å². The van der Waals surface area contributed by atoms with Gasteiger partial charge in [0.1, 0.15) is 0 Å². The third-order valence-electron chi connectivity index (χ3n) is 3.58. The van der Waals surface area contributed by atoms with Crippen LogP contribution in [0.3, 0.4) is 0 Å². The van der Waals surface area contributed by atoms with E-state index in [4.69, 9.17) is 9.47 Å². The van der Waals surface area contributed by atoms with Crippen molar-refractivity contribution in [2.75, 3.05) is 59.7 Å². The molecule has 1 aliphatic heterocycles. The number of nitrogens with zero attached hydrogens (tertiary/aromatic N) is 1. The highest BCUT2D eigenvalue weighted by atomic mass is 16.5. The molecule has 0 aromatic heterocycles. The van der Waals surface area contributed by atoms with E-state index < -0.39 is 0 Å². The Kier molecular flexibility index (Phi) is 9.48. The van der Waals surface area contributed by atoms with Gasteiger partial charge in [0.2, 0.25) is 0 Å². The lowest BCUT2D eigenvalue weighted by Gasteiger charge is -2.31. The van der Waals surface area contributed by atoms with Crippen molar-refractivity contribution in [2.45, 2.75) is 26.2 Å². The quantitative estimate of drug-likeness (QED) is 0.600. The number of hydrogen-bond acceptors (Lipinski definition) is 4. The zero-order chi connectivity index (χ0) is 13.1. The SMILES string of the molecule is CCNCC1CCN(CCOCCCOC)CC1. The van der Waals surface area contributed by atoms with Gasteiger partial charge in [-0.1, -0.05) is 6.92 Å². The van der Waals surface area contributed by atoms with Crippen molar-refractivity contribution >= 4 is 0 Å². The Labute approximate surface area is 112 Å². The Bertz CT molecular complexity index is 183. The molecule has 0 aromatic rings. The summed E-state index contributed by atoms with van der Waals surface area (Å²) in [5, 5.41) is 3.45. The minimum Gasteiger partial charge on any atom is -0.385 e. The van der Waals surface area contributed by atoms with Crippen molar-refractivity contribution < 1.29 is 9.47 Å². The molecule has 0 amide bonds. The maximum absolute atomic E-state index is 5.60. The zero-order valence-electron chi connectivity index (χ0n) is 12.1. The summed E-state index contributed by atoms with van der Waals surface area (Å²) >= 11 is 0. The molecule has 1 N–H and O–H groups in total. The van der Waals surface area contributed by atoms with Crippen LogP contribution in [0.1, 0.15) is 26.2 Å². The third kappa shape index (κ3) is 7.31. The predicted molar refractivity (Wildman–Crippen MR) is 75.0 cm³/mol. The van der Waals surface area contributed by atoms with Crippen molar-refractivity contribution in [1.29, 1.82) is 0 Å². The Morgan fingerprint density at radius 2 is 1.94 bits per heavy atom. The molecule has 4 heteroatoms. The Balaban J connectivity index is 1.92. The summed E-state index contributed by atoms with van der Waals surface area (Å²) in [4.78, 5) is 2.53. The van der Waals surface area contributed by atoms with E-state index in [1.165, 1.54) is 32.5 Å². The van der Waals surface area contributed by atoms with Crippen LogP contribution in [0.2, 0.25) is 0 Å². The molecule has 1 aliphatic rings. The summed E-state index contributed by atoms with van der Waals surface area (Å²) in [6.07, 6.45) is 3.66. The van der Waals surface area contributed by atoms with Crippen LogP contribution in [0, 0.1) is 5.92 Å². The van der Waals surface area contributed by atoms with Gasteiger partial charge in [-0.15, -0.1) is 0 Å². The first-order chi connectivity index (χ1) is 8.86. The molecule has 0 bridgehead atoms. The first-order valence-corrected chi connectivity index (χ1v) is 7.36. The van der Waals surface area contributed by atoms with Crippen molar-refractivity contribution in [2.24, 2.45) is 5.92 Å². The van der Waals surface area contributed by atoms with Crippen LogP contribution in [0.15, 0.2) is 0 Å². The summed E-state index contributed by atoms with van der Waals surface area (Å²) < 4.78 is 10.6. The molecule has 1 heterocycles. The predicted octanol–water partition coefficient (Wildman–Crippen LogP) is 1.36. The highest BCUT2D eigenvalue weighted by Gasteiger charge is 2.18. The summed E-state index contributed by atoms with van der Waals surface area (Å²) in [5.41, 5.74) is 0. The van der Waals surface area contributed by atoms with Crippen LogP contribution in [0.4, 0.5) is 0 Å². The van der Waals surface area contributed by atoms with E-state index in [1.807, 2.05) is 0 Å². The summed E-state index contributed by atoms with van der Waals surface area (Å²) in [5.74, 6) is 0.879. The highest BCUT2D eigenvalue weighted by Crippen LogP contribution is 2.15. The monoisotopic (exact) mass is 258 g/mol. The zero-order valence-corrected chi connectivity index (χ0v) is 12.1. The van der Waals surface area contributed by atoms with Crippen LogP contribution in [-0.2, 0) is 9.47 Å². The normalized spacial score (nSPS) is 18.3. The topological polar surface area (TPSA) is 33.7 Å². The van der Waals surface area contributed by atoms with Crippen molar-refractivity contribution in [3.05, 3.63) is 0 Å². The van der Waals surface area contributed by atoms with Gasteiger partial charge in [0.15, 0.2) is 0 Å². The maximum atomic E-state index is 5.60. The molecule has 0 aromatic carbocycles. The molecule has 0 saturated carbocycles. The van der Waals surface area contributed by atoms with Crippen LogP contribution < -0.4 is 5.32 Å². The molecular weight excluding hydrogens is 228 g/mol. The van der Waals surface area contributed by atoms with Crippen LogP contribution in [0.5, 0.6) is 0 Å². The first-order valence-electron chi connectivity index (χ1n) is 7.36. The second-order valence-corrected chi connectivity index (χ2v) is 5.05. The van der Waals surface area contributed by atoms with Gasteiger partial charge in [0.25, 0.3) is 0 Å². The van der Waals surface area contributed by atoms with Gasteiger partial charge in [-0.25, -0.2) is 0 Å². The van der Waals surface area contributed by atoms with Crippen LogP contribution >= 0.6 is 0 Å². The minimum absolute atomic E-state index is 0.801. The molecule has 4 nitrogen and oxygen atoms in total. The fourth-order valence-corrected chi connectivity index (χ4v) is 2.36. The average Bonchev–Trinajstić information content (AvgIpc) is 2.42. The standard InChI is InChI=1S/C14H30N2O2/c1-3-15-13-14-5-7-16(8-6-14)9-12-18-11-4-10-17-2/h14-15H,3-13H2,1-2H3. The van der Waals surface area contributed by atoms with E-state index in [9.17, 15) is 0 Å². The molecule has 1 rings (SSSR count). The second kappa shape index (κ2) is 10.7. The first kappa shape index (κ1) is 15.9. The van der Waals surface area contributed by atoms with Gasteiger partial charge in [0.05, 0.1) is 6.61 Å². The van der Waals surface area contributed by atoms with E-state index in [1.54, 1.807) is 7.11 Å². The van der Waals surface area contributed by atoms with E-state index in [0.29, 0.717) is 0 Å². The molecule has 0 spiro atoms. The lowest BCUT2D eigenvalue weighted by atomic mass is 9.97. The Morgan fingerprint density at radius 3 is 2.61 bits per heavy atom. The summed E-state index contributed by atoms with van der Waals surface area (Å²) in [6, 6.07) is 0.